The molecule has 0 atom stereocenters. The highest BCUT2D eigenvalue weighted by atomic mass is 15.2. The molecule has 0 amide bonds. The van der Waals surface area contributed by atoms with Gasteiger partial charge in [0.2, 0.25) is 0 Å². The second-order valence-corrected chi connectivity index (χ2v) is 15.9. The van der Waals surface area contributed by atoms with Crippen LogP contribution in [0.5, 0.6) is 0 Å². The van der Waals surface area contributed by atoms with Crippen molar-refractivity contribution in [2.24, 2.45) is 0 Å². The second-order valence-electron chi connectivity index (χ2n) is 15.9. The molecule has 1 fully saturated rings. The van der Waals surface area contributed by atoms with Gasteiger partial charge >= 0.3 is 0 Å². The van der Waals surface area contributed by atoms with E-state index in [4.69, 9.17) is 0 Å². The average Bonchev–Trinajstić information content (AvgIpc) is 3.30. The van der Waals surface area contributed by atoms with Crippen LogP contribution in [0.2, 0.25) is 0 Å². The van der Waals surface area contributed by atoms with E-state index in [2.05, 4.69) is 204 Å². The molecule has 0 aromatic heterocycles. The first-order valence-corrected chi connectivity index (χ1v) is 20.7. The summed E-state index contributed by atoms with van der Waals surface area (Å²) in [5.41, 5.74) is 20.3. The third-order valence-electron chi connectivity index (χ3n) is 12.6. The van der Waals surface area contributed by atoms with Crippen molar-refractivity contribution < 1.29 is 0 Å². The third-order valence-corrected chi connectivity index (χ3v) is 12.6. The van der Waals surface area contributed by atoms with Gasteiger partial charge < -0.3 is 9.80 Å². The molecule has 0 unspecified atom stereocenters. The number of para-hydroxylation sites is 2. The van der Waals surface area contributed by atoms with Crippen molar-refractivity contribution >= 4 is 57.2 Å². The fourth-order valence-electron chi connectivity index (χ4n) is 9.91. The molecule has 0 bridgehead atoms. The van der Waals surface area contributed by atoms with Gasteiger partial charge in [0.15, 0.2) is 0 Å². The van der Waals surface area contributed by atoms with Crippen LogP contribution >= 0.6 is 0 Å². The van der Waals surface area contributed by atoms with Gasteiger partial charge in [-0.15, -0.1) is 0 Å². The van der Waals surface area contributed by atoms with Crippen LogP contribution < -0.4 is 26.2 Å². The average molecular weight is 731 g/mol. The van der Waals surface area contributed by atoms with E-state index in [1.54, 1.807) is 0 Å². The zero-order valence-corrected chi connectivity index (χ0v) is 32.1. The molecule has 57 heavy (non-hydrogen) atoms. The molecular weight excluding hydrogens is 687 g/mol. The predicted molar refractivity (Wildman–Crippen MR) is 243 cm³/mol. The summed E-state index contributed by atoms with van der Waals surface area (Å²) in [6.07, 6.45) is 6.39. The molecule has 11 rings (SSSR count). The molecule has 0 saturated heterocycles. The lowest BCUT2D eigenvalue weighted by Gasteiger charge is -2.45. The molecule has 3 aliphatic rings. The second kappa shape index (κ2) is 14.2. The van der Waals surface area contributed by atoms with Gasteiger partial charge in [-0.3, -0.25) is 0 Å². The molecule has 8 aromatic carbocycles. The largest absolute Gasteiger partial charge is 0.311 e. The smallest absolute Gasteiger partial charge is 0.252 e. The maximum absolute atomic E-state index is 2.60. The van der Waals surface area contributed by atoms with Crippen LogP contribution in [-0.2, 0) is 0 Å². The number of rotatable bonds is 6. The molecule has 1 aliphatic carbocycles. The van der Waals surface area contributed by atoms with Gasteiger partial charge in [-0.05, 0) is 129 Å². The number of fused-ring (bicyclic) bond motifs is 4. The molecule has 8 aromatic rings. The van der Waals surface area contributed by atoms with Gasteiger partial charge in [-0.2, -0.15) is 0 Å². The van der Waals surface area contributed by atoms with Gasteiger partial charge in [0.05, 0.1) is 0 Å². The monoisotopic (exact) mass is 730 g/mol. The lowest BCUT2D eigenvalue weighted by molar-refractivity contribution is 0.444. The topological polar surface area (TPSA) is 6.48 Å². The molecule has 3 heteroatoms. The van der Waals surface area contributed by atoms with Crippen LogP contribution in [-0.4, -0.2) is 6.71 Å². The Kier molecular flexibility index (Phi) is 8.39. The molecule has 272 valence electrons. The summed E-state index contributed by atoms with van der Waals surface area (Å²) in [7, 11) is 0. The zero-order valence-electron chi connectivity index (χ0n) is 32.1. The van der Waals surface area contributed by atoms with Crippen molar-refractivity contribution in [2.75, 3.05) is 9.80 Å². The van der Waals surface area contributed by atoms with E-state index < -0.39 is 0 Å². The van der Waals surface area contributed by atoms with Crippen molar-refractivity contribution in [2.45, 2.75) is 38.0 Å². The normalized spacial score (nSPS) is 14.5. The Morgan fingerprint density at radius 3 is 1.32 bits per heavy atom. The summed E-state index contributed by atoms with van der Waals surface area (Å²) >= 11 is 0. The summed E-state index contributed by atoms with van der Waals surface area (Å²) in [6.45, 7) is 0.102. The van der Waals surface area contributed by atoms with Crippen LogP contribution in [0.1, 0.15) is 43.6 Å². The minimum absolute atomic E-state index is 0.102. The van der Waals surface area contributed by atoms with Crippen molar-refractivity contribution in [1.82, 2.24) is 0 Å². The molecule has 2 nitrogen and oxygen atoms in total. The van der Waals surface area contributed by atoms with E-state index in [0.717, 1.165) is 0 Å². The van der Waals surface area contributed by atoms with Crippen molar-refractivity contribution in [3.8, 4) is 33.4 Å². The molecular formula is C54H43BN2. The summed E-state index contributed by atoms with van der Waals surface area (Å²) in [5, 5.41) is 0. The number of nitrogens with zero attached hydrogens (tertiary/aromatic N) is 2. The number of hydrogen-bond donors (Lipinski definition) is 0. The molecule has 1 saturated carbocycles. The minimum atomic E-state index is 0.102. The van der Waals surface area contributed by atoms with Crippen LogP contribution in [0.3, 0.4) is 0 Å². The van der Waals surface area contributed by atoms with Crippen LogP contribution in [0.15, 0.2) is 194 Å². The highest BCUT2D eigenvalue weighted by Gasteiger charge is 2.43. The summed E-state index contributed by atoms with van der Waals surface area (Å²) in [4.78, 5) is 5.16. The Hall–Kier alpha value is -6.58. The number of anilines is 6. The Labute approximate surface area is 336 Å². The standard InChI is InChI=1S/C54H43BN2/c1-5-17-38(18-6-1)42-29-31-46(32-30-42)56-50-27-15-13-25-48(50)55-49-26-14-16-28-51(49)57(53-37-45(36-52(56)54(53)55)41-23-11-4-12-24-41)47-34-43(39-19-7-2-8-20-39)33-44(35-47)40-21-9-3-10-22-40/h1-3,5-10,13-22,25-37,41H,4,11-12,23-24H2. The summed E-state index contributed by atoms with van der Waals surface area (Å²) < 4.78 is 0. The molecule has 0 N–H and O–H groups in total. The van der Waals surface area contributed by atoms with Gasteiger partial charge in [-0.1, -0.05) is 159 Å². The Morgan fingerprint density at radius 2 is 0.789 bits per heavy atom. The van der Waals surface area contributed by atoms with Gasteiger partial charge in [0.25, 0.3) is 6.71 Å². The number of hydrogen-bond acceptors (Lipinski definition) is 2. The fraction of sp³-hybridized carbons (Fsp3) is 0.111. The van der Waals surface area contributed by atoms with E-state index in [9.17, 15) is 0 Å². The quantitative estimate of drug-likeness (QED) is 0.157. The van der Waals surface area contributed by atoms with Crippen molar-refractivity contribution in [3.05, 3.63) is 200 Å². The Bertz CT molecular complexity index is 2660. The van der Waals surface area contributed by atoms with Crippen LogP contribution in [0, 0.1) is 0 Å². The Balaban J connectivity index is 1.18. The lowest BCUT2D eigenvalue weighted by Crippen LogP contribution is -2.61. The van der Waals surface area contributed by atoms with Gasteiger partial charge in [0.1, 0.15) is 0 Å². The fourth-order valence-corrected chi connectivity index (χ4v) is 9.91. The van der Waals surface area contributed by atoms with E-state index in [1.165, 1.54) is 122 Å². The van der Waals surface area contributed by atoms with Crippen LogP contribution in [0.25, 0.3) is 33.4 Å². The highest BCUT2D eigenvalue weighted by molar-refractivity contribution is 7.00. The van der Waals surface area contributed by atoms with E-state index in [0.29, 0.717) is 5.92 Å². The Morgan fingerprint density at radius 1 is 0.351 bits per heavy atom. The molecule has 2 heterocycles. The van der Waals surface area contributed by atoms with E-state index in [-0.39, 0.29) is 6.71 Å². The van der Waals surface area contributed by atoms with Crippen molar-refractivity contribution in [1.29, 1.82) is 0 Å². The van der Waals surface area contributed by atoms with Gasteiger partial charge in [-0.25, -0.2) is 0 Å². The van der Waals surface area contributed by atoms with Crippen molar-refractivity contribution in [3.63, 3.8) is 0 Å². The predicted octanol–water partition coefficient (Wildman–Crippen LogP) is 12.8. The van der Waals surface area contributed by atoms with Gasteiger partial charge in [0, 0.05) is 34.1 Å². The molecule has 0 spiro atoms. The lowest BCUT2D eigenvalue weighted by atomic mass is 9.33. The highest BCUT2D eigenvalue weighted by Crippen LogP contribution is 2.48. The molecule has 0 radical (unpaired) electrons. The SMILES string of the molecule is c1ccc(-c2ccc(N3c4ccccc4B4c5ccccc5N(c5cc(-c6ccccc6)cc(-c6ccccc6)c5)c5cc(C6CCCCC6)cc3c54)cc2)cc1. The zero-order chi connectivity index (χ0) is 37.7. The molecule has 2 aliphatic heterocycles. The maximum atomic E-state index is 2.60. The number of benzene rings is 8. The summed E-state index contributed by atoms with van der Waals surface area (Å²) in [6, 6.07) is 72.3. The minimum Gasteiger partial charge on any atom is -0.311 e. The first-order chi connectivity index (χ1) is 28.3. The first-order valence-electron chi connectivity index (χ1n) is 20.7. The van der Waals surface area contributed by atoms with E-state index in [1.807, 2.05) is 0 Å². The third kappa shape index (κ3) is 5.89. The first kappa shape index (κ1) is 33.7. The van der Waals surface area contributed by atoms with E-state index >= 15 is 0 Å². The van der Waals surface area contributed by atoms with Crippen LogP contribution in [0.4, 0.5) is 34.1 Å². The maximum Gasteiger partial charge on any atom is 0.252 e. The summed E-state index contributed by atoms with van der Waals surface area (Å²) in [5.74, 6) is 0.535.